The van der Waals surface area contributed by atoms with E-state index >= 15 is 0 Å². The molecule has 0 saturated carbocycles. The van der Waals surface area contributed by atoms with Crippen LogP contribution in [-0.2, 0) is 0 Å². The van der Waals surface area contributed by atoms with Crippen LogP contribution in [0.2, 0.25) is 0 Å². The van der Waals surface area contributed by atoms with Crippen LogP contribution in [0, 0.1) is 0 Å². The molecule has 0 aliphatic carbocycles. The van der Waals surface area contributed by atoms with Crippen molar-refractivity contribution in [2.24, 2.45) is 0 Å². The lowest BCUT2D eigenvalue weighted by molar-refractivity contribution is 0.103. The summed E-state index contributed by atoms with van der Waals surface area (Å²) in [6, 6.07) is 12.3. The van der Waals surface area contributed by atoms with E-state index in [2.05, 4.69) is 15.9 Å². The van der Waals surface area contributed by atoms with Crippen LogP contribution in [0.3, 0.4) is 0 Å². The number of rotatable bonds is 4. The molecule has 3 nitrogen and oxygen atoms in total. The van der Waals surface area contributed by atoms with E-state index in [-0.39, 0.29) is 5.78 Å². The first-order valence-electron chi connectivity index (χ1n) is 5.94. The summed E-state index contributed by atoms with van der Waals surface area (Å²) in [5.41, 5.74) is 7.50. The first-order valence-corrected chi connectivity index (χ1v) is 6.73. The fourth-order valence-corrected chi connectivity index (χ4v) is 2.32. The number of carbonyl (C=O) groups is 1. The maximum Gasteiger partial charge on any atom is 0.194 e. The fraction of sp³-hybridized carbons (Fsp3) is 0.133. The van der Waals surface area contributed by atoms with Crippen molar-refractivity contribution in [2.75, 3.05) is 12.3 Å². The molecule has 0 atom stereocenters. The zero-order valence-electron chi connectivity index (χ0n) is 10.5. The highest BCUT2D eigenvalue weighted by Gasteiger charge is 2.12. The molecule has 2 N–H and O–H groups in total. The number of hydrogen-bond donors (Lipinski definition) is 1. The molecule has 0 aliphatic heterocycles. The number of nitrogens with two attached hydrogens (primary N) is 1. The van der Waals surface area contributed by atoms with Crippen molar-refractivity contribution in [1.82, 2.24) is 0 Å². The van der Waals surface area contributed by atoms with Crippen LogP contribution < -0.4 is 10.5 Å². The lowest BCUT2D eigenvalue weighted by Crippen LogP contribution is -2.03. The molecule has 2 aromatic carbocycles. The Labute approximate surface area is 120 Å². The minimum atomic E-state index is -0.0464. The van der Waals surface area contributed by atoms with Gasteiger partial charge in [-0.3, -0.25) is 4.79 Å². The first kappa shape index (κ1) is 13.6. The van der Waals surface area contributed by atoms with Gasteiger partial charge < -0.3 is 10.5 Å². The van der Waals surface area contributed by atoms with Gasteiger partial charge in [0.05, 0.1) is 6.61 Å². The number of ketones is 1. The number of nitrogen functional groups attached to an aromatic ring is 1. The van der Waals surface area contributed by atoms with Gasteiger partial charge in [0.2, 0.25) is 0 Å². The van der Waals surface area contributed by atoms with Crippen LogP contribution in [0.4, 0.5) is 5.69 Å². The average molecular weight is 320 g/mol. The van der Waals surface area contributed by atoms with Gasteiger partial charge in [-0.15, -0.1) is 0 Å². The molecule has 0 amide bonds. The Morgan fingerprint density at radius 3 is 2.47 bits per heavy atom. The Bertz CT molecular complexity index is 594. The lowest BCUT2D eigenvalue weighted by atomic mass is 10.0. The molecule has 2 aromatic rings. The molecule has 4 heteroatoms. The topological polar surface area (TPSA) is 52.3 Å². The minimum absolute atomic E-state index is 0.0464. The van der Waals surface area contributed by atoms with E-state index in [9.17, 15) is 4.79 Å². The Morgan fingerprint density at radius 2 is 1.89 bits per heavy atom. The minimum Gasteiger partial charge on any atom is -0.494 e. The summed E-state index contributed by atoms with van der Waals surface area (Å²) < 4.78 is 6.05. The third-order valence-electron chi connectivity index (χ3n) is 2.67. The predicted molar refractivity (Wildman–Crippen MR) is 79.6 cm³/mol. The number of anilines is 1. The van der Waals surface area contributed by atoms with Crippen LogP contribution in [0.15, 0.2) is 46.9 Å². The van der Waals surface area contributed by atoms with Crippen LogP contribution in [0.5, 0.6) is 5.75 Å². The second kappa shape index (κ2) is 5.89. The molecule has 0 saturated heterocycles. The molecule has 0 unspecified atom stereocenters. The van der Waals surface area contributed by atoms with Gasteiger partial charge in [0.25, 0.3) is 0 Å². The molecule has 0 aliphatic rings. The summed E-state index contributed by atoms with van der Waals surface area (Å²) in [6.45, 7) is 2.53. The van der Waals surface area contributed by atoms with Crippen molar-refractivity contribution in [3.63, 3.8) is 0 Å². The summed E-state index contributed by atoms with van der Waals surface area (Å²) in [4.78, 5) is 12.3. The van der Waals surface area contributed by atoms with Crippen LogP contribution in [0.1, 0.15) is 22.8 Å². The lowest BCUT2D eigenvalue weighted by Gasteiger charge is -2.06. The molecule has 98 valence electrons. The second-order valence-corrected chi connectivity index (χ2v) is 4.88. The van der Waals surface area contributed by atoms with E-state index in [1.165, 1.54) is 0 Å². The standard InChI is InChI=1S/C15H14BrNO2/c1-2-19-12-6-3-10(4-7-12)15(18)13-8-5-11(17)9-14(13)16/h3-9H,2,17H2,1H3. The Balaban J connectivity index is 2.28. The molecular weight excluding hydrogens is 306 g/mol. The zero-order valence-corrected chi connectivity index (χ0v) is 12.1. The number of hydrogen-bond acceptors (Lipinski definition) is 3. The Hall–Kier alpha value is -1.81. The van der Waals surface area contributed by atoms with Gasteiger partial charge >= 0.3 is 0 Å². The molecule has 0 heterocycles. The van der Waals surface area contributed by atoms with Crippen molar-refractivity contribution in [3.8, 4) is 5.75 Å². The van der Waals surface area contributed by atoms with E-state index in [0.29, 0.717) is 27.9 Å². The highest BCUT2D eigenvalue weighted by molar-refractivity contribution is 9.10. The van der Waals surface area contributed by atoms with Gasteiger partial charge in [-0.2, -0.15) is 0 Å². The Morgan fingerprint density at radius 1 is 1.21 bits per heavy atom. The van der Waals surface area contributed by atoms with Crippen molar-refractivity contribution >= 4 is 27.4 Å². The van der Waals surface area contributed by atoms with Crippen molar-refractivity contribution in [3.05, 3.63) is 58.1 Å². The molecule has 19 heavy (non-hydrogen) atoms. The summed E-state index contributed by atoms with van der Waals surface area (Å²) in [5, 5.41) is 0. The largest absolute Gasteiger partial charge is 0.494 e. The number of ether oxygens (including phenoxy) is 1. The SMILES string of the molecule is CCOc1ccc(C(=O)c2ccc(N)cc2Br)cc1. The quantitative estimate of drug-likeness (QED) is 0.691. The van der Waals surface area contributed by atoms with E-state index in [1.54, 1.807) is 42.5 Å². The van der Waals surface area contributed by atoms with Gasteiger partial charge in [-0.05, 0) is 65.3 Å². The third-order valence-corrected chi connectivity index (χ3v) is 3.32. The number of halogens is 1. The zero-order chi connectivity index (χ0) is 13.8. The van der Waals surface area contributed by atoms with Crippen molar-refractivity contribution < 1.29 is 9.53 Å². The van der Waals surface area contributed by atoms with Gasteiger partial charge in [0.1, 0.15) is 5.75 Å². The van der Waals surface area contributed by atoms with Gasteiger partial charge in [-0.25, -0.2) is 0 Å². The molecular formula is C15H14BrNO2. The summed E-state index contributed by atoms with van der Waals surface area (Å²) in [6.07, 6.45) is 0. The van der Waals surface area contributed by atoms with Crippen LogP contribution in [-0.4, -0.2) is 12.4 Å². The average Bonchev–Trinajstić information content (AvgIpc) is 2.39. The van der Waals surface area contributed by atoms with Gasteiger partial charge in [0, 0.05) is 21.3 Å². The maximum atomic E-state index is 12.3. The summed E-state index contributed by atoms with van der Waals surface area (Å²) in [7, 11) is 0. The van der Waals surface area contributed by atoms with Crippen LogP contribution in [0.25, 0.3) is 0 Å². The van der Waals surface area contributed by atoms with Crippen molar-refractivity contribution in [2.45, 2.75) is 6.92 Å². The molecule has 0 fully saturated rings. The number of carbonyl (C=O) groups excluding carboxylic acids is 1. The monoisotopic (exact) mass is 319 g/mol. The highest BCUT2D eigenvalue weighted by atomic mass is 79.9. The van der Waals surface area contributed by atoms with Gasteiger partial charge in [-0.1, -0.05) is 0 Å². The molecule has 0 radical (unpaired) electrons. The Kier molecular flexibility index (Phi) is 4.22. The highest BCUT2D eigenvalue weighted by Crippen LogP contribution is 2.23. The molecule has 0 spiro atoms. The number of benzene rings is 2. The normalized spacial score (nSPS) is 10.2. The van der Waals surface area contributed by atoms with E-state index < -0.39 is 0 Å². The fourth-order valence-electron chi connectivity index (χ4n) is 1.74. The molecule has 2 rings (SSSR count). The van der Waals surface area contributed by atoms with E-state index in [4.69, 9.17) is 10.5 Å². The molecule has 0 aromatic heterocycles. The van der Waals surface area contributed by atoms with Crippen LogP contribution >= 0.6 is 15.9 Å². The third kappa shape index (κ3) is 3.15. The van der Waals surface area contributed by atoms with E-state index in [0.717, 1.165) is 5.75 Å². The maximum absolute atomic E-state index is 12.3. The van der Waals surface area contributed by atoms with Gasteiger partial charge in [0.15, 0.2) is 5.78 Å². The summed E-state index contributed by atoms with van der Waals surface area (Å²) in [5.74, 6) is 0.713. The molecule has 0 bridgehead atoms. The smallest absolute Gasteiger partial charge is 0.194 e. The predicted octanol–water partition coefficient (Wildman–Crippen LogP) is 3.66. The summed E-state index contributed by atoms with van der Waals surface area (Å²) >= 11 is 3.36. The second-order valence-electron chi connectivity index (χ2n) is 4.03. The first-order chi connectivity index (χ1) is 9.11. The van der Waals surface area contributed by atoms with E-state index in [1.807, 2.05) is 6.92 Å². The van der Waals surface area contributed by atoms with Crippen molar-refractivity contribution in [1.29, 1.82) is 0 Å².